The molecule has 1 aromatic rings. The zero-order chi connectivity index (χ0) is 15.4. The van der Waals surface area contributed by atoms with Gasteiger partial charge >= 0.3 is 0 Å². The van der Waals surface area contributed by atoms with Gasteiger partial charge in [0.2, 0.25) is 5.91 Å². The first-order valence-electron chi connectivity index (χ1n) is 6.81. The lowest BCUT2D eigenvalue weighted by atomic mass is 9.95. The fourth-order valence-corrected chi connectivity index (χ4v) is 2.98. The number of allylic oxidation sites excluding steroid dienone is 2. The maximum Gasteiger partial charge on any atom is 0.221 e. The number of hydrogen-bond donors (Lipinski definition) is 1. The first kappa shape index (κ1) is 15.5. The van der Waals surface area contributed by atoms with Gasteiger partial charge in [0.15, 0.2) is 11.6 Å². The Morgan fingerprint density at radius 1 is 1.19 bits per heavy atom. The van der Waals surface area contributed by atoms with Gasteiger partial charge in [0.25, 0.3) is 0 Å². The molecule has 0 saturated heterocycles. The average Bonchev–Trinajstić information content (AvgIpc) is 2.43. The Morgan fingerprint density at radius 2 is 1.86 bits per heavy atom. The number of Topliss-reactive ketones (excluding diaryl/α,β-unsaturated/α-hetero) is 1. The number of rotatable bonds is 5. The third-order valence-electron chi connectivity index (χ3n) is 2.96. The number of amides is 1. The molecule has 5 heteroatoms. The van der Waals surface area contributed by atoms with Gasteiger partial charge in [-0.25, -0.2) is 0 Å². The van der Waals surface area contributed by atoms with E-state index in [1.165, 1.54) is 17.8 Å². The van der Waals surface area contributed by atoms with Crippen molar-refractivity contribution in [1.82, 2.24) is 5.32 Å². The first-order valence-corrected chi connectivity index (χ1v) is 7.79. The van der Waals surface area contributed by atoms with Crippen LogP contribution in [-0.4, -0.2) is 29.3 Å². The normalized spacial score (nSPS) is 14.0. The molecule has 0 fully saturated rings. The first-order chi connectivity index (χ1) is 9.99. The summed E-state index contributed by atoms with van der Waals surface area (Å²) in [5, 5.41) is 2.79. The Morgan fingerprint density at radius 3 is 2.52 bits per heavy atom. The second kappa shape index (κ2) is 6.72. The molecular weight excluding hydrogens is 286 g/mol. The molecule has 0 bridgehead atoms. The second-order valence-corrected chi connectivity index (χ2v) is 6.20. The predicted molar refractivity (Wildman–Crippen MR) is 83.5 cm³/mol. The summed E-state index contributed by atoms with van der Waals surface area (Å²) in [5.74, 6) is 0.137. The van der Waals surface area contributed by atoms with Crippen molar-refractivity contribution in [1.29, 1.82) is 0 Å². The smallest absolute Gasteiger partial charge is 0.221 e. The summed E-state index contributed by atoms with van der Waals surface area (Å²) in [5.41, 5.74) is 0.892. The predicted octanol–water partition coefficient (Wildman–Crippen LogP) is 2.60. The summed E-state index contributed by atoms with van der Waals surface area (Å²) in [4.78, 5) is 36.2. The van der Waals surface area contributed by atoms with Gasteiger partial charge in [0.1, 0.15) is 0 Å². The molecule has 0 spiro atoms. The SMILES string of the molecule is CC(C)NC(=O)CCSC1=CC(=O)c2ccccc2C1=O. The molecule has 2 rings (SSSR count). The molecule has 21 heavy (non-hydrogen) atoms. The van der Waals surface area contributed by atoms with E-state index in [9.17, 15) is 14.4 Å². The Hall–Kier alpha value is -1.88. The molecule has 4 nitrogen and oxygen atoms in total. The van der Waals surface area contributed by atoms with Crippen molar-refractivity contribution in [3.63, 3.8) is 0 Å². The lowest BCUT2D eigenvalue weighted by Gasteiger charge is -2.14. The summed E-state index contributed by atoms with van der Waals surface area (Å²) < 4.78 is 0. The van der Waals surface area contributed by atoms with E-state index in [-0.39, 0.29) is 23.5 Å². The highest BCUT2D eigenvalue weighted by Crippen LogP contribution is 2.28. The van der Waals surface area contributed by atoms with Crippen molar-refractivity contribution in [3.8, 4) is 0 Å². The minimum absolute atomic E-state index is 0.0481. The van der Waals surface area contributed by atoms with Gasteiger partial charge in [-0.2, -0.15) is 0 Å². The molecule has 0 heterocycles. The largest absolute Gasteiger partial charge is 0.354 e. The maximum absolute atomic E-state index is 12.3. The van der Waals surface area contributed by atoms with E-state index >= 15 is 0 Å². The summed E-state index contributed by atoms with van der Waals surface area (Å²) in [7, 11) is 0. The molecule has 1 aliphatic rings. The van der Waals surface area contributed by atoms with Crippen LogP contribution in [-0.2, 0) is 4.79 Å². The summed E-state index contributed by atoms with van der Waals surface area (Å²) in [6.07, 6.45) is 1.69. The Balaban J connectivity index is 1.98. The standard InChI is InChI=1S/C16H17NO3S/c1-10(2)17-15(19)7-8-21-14-9-13(18)11-5-3-4-6-12(11)16(14)20/h3-6,9-10H,7-8H2,1-2H3,(H,17,19). The van der Waals surface area contributed by atoms with Crippen LogP contribution in [0.1, 0.15) is 41.0 Å². The molecule has 0 atom stereocenters. The summed E-state index contributed by atoms with van der Waals surface area (Å²) in [6.45, 7) is 3.79. The van der Waals surface area contributed by atoms with Crippen LogP contribution in [0.25, 0.3) is 0 Å². The number of thioether (sulfide) groups is 1. The number of hydrogen-bond acceptors (Lipinski definition) is 4. The number of nitrogens with one attached hydrogen (secondary N) is 1. The molecular formula is C16H17NO3S. The van der Waals surface area contributed by atoms with Gasteiger partial charge in [0.05, 0.1) is 4.91 Å². The highest BCUT2D eigenvalue weighted by molar-refractivity contribution is 8.04. The van der Waals surface area contributed by atoms with E-state index in [4.69, 9.17) is 0 Å². The summed E-state index contributed by atoms with van der Waals surface area (Å²) >= 11 is 1.26. The minimum atomic E-state index is -0.153. The molecule has 0 aromatic heterocycles. The fraction of sp³-hybridized carbons (Fsp3) is 0.312. The van der Waals surface area contributed by atoms with Crippen molar-refractivity contribution < 1.29 is 14.4 Å². The van der Waals surface area contributed by atoms with E-state index < -0.39 is 0 Å². The number of ketones is 2. The third-order valence-corrected chi connectivity index (χ3v) is 3.98. The second-order valence-electron chi connectivity index (χ2n) is 5.07. The highest BCUT2D eigenvalue weighted by atomic mass is 32.2. The maximum atomic E-state index is 12.3. The monoisotopic (exact) mass is 303 g/mol. The summed E-state index contributed by atoms with van der Waals surface area (Å²) in [6, 6.07) is 6.91. The Labute approximate surface area is 128 Å². The molecule has 1 N–H and O–H groups in total. The van der Waals surface area contributed by atoms with Crippen LogP contribution in [0, 0.1) is 0 Å². The van der Waals surface area contributed by atoms with E-state index in [2.05, 4.69) is 5.32 Å². The number of benzene rings is 1. The molecule has 0 aliphatic heterocycles. The lowest BCUT2D eigenvalue weighted by molar-refractivity contribution is -0.121. The topological polar surface area (TPSA) is 63.2 Å². The van der Waals surface area contributed by atoms with Crippen LogP contribution < -0.4 is 5.32 Å². The molecule has 0 saturated carbocycles. The van der Waals surface area contributed by atoms with Crippen molar-refractivity contribution in [2.45, 2.75) is 26.3 Å². The van der Waals surface area contributed by atoms with E-state index in [1.807, 2.05) is 13.8 Å². The van der Waals surface area contributed by atoms with Crippen LogP contribution in [0.2, 0.25) is 0 Å². The van der Waals surface area contributed by atoms with Gasteiger partial charge in [-0.3, -0.25) is 14.4 Å². The molecule has 0 radical (unpaired) electrons. The van der Waals surface area contributed by atoms with Crippen molar-refractivity contribution in [2.75, 3.05) is 5.75 Å². The molecule has 1 aromatic carbocycles. The minimum Gasteiger partial charge on any atom is -0.354 e. The van der Waals surface area contributed by atoms with Crippen LogP contribution in [0.5, 0.6) is 0 Å². The van der Waals surface area contributed by atoms with Gasteiger partial charge in [-0.1, -0.05) is 24.3 Å². The van der Waals surface area contributed by atoms with Crippen molar-refractivity contribution in [3.05, 3.63) is 46.4 Å². The molecule has 0 unspecified atom stereocenters. The number of carbonyl (C=O) groups is 3. The zero-order valence-electron chi connectivity index (χ0n) is 12.0. The Kier molecular flexibility index (Phi) is 4.96. The van der Waals surface area contributed by atoms with Gasteiger partial charge in [-0.15, -0.1) is 11.8 Å². The number of carbonyl (C=O) groups excluding carboxylic acids is 3. The van der Waals surface area contributed by atoms with Gasteiger partial charge < -0.3 is 5.32 Å². The molecule has 1 amide bonds. The molecule has 1 aliphatic carbocycles. The van der Waals surface area contributed by atoms with Crippen molar-refractivity contribution >= 4 is 29.2 Å². The van der Waals surface area contributed by atoms with Crippen LogP contribution in [0.4, 0.5) is 0 Å². The van der Waals surface area contributed by atoms with Crippen molar-refractivity contribution in [2.24, 2.45) is 0 Å². The third kappa shape index (κ3) is 3.82. The highest BCUT2D eigenvalue weighted by Gasteiger charge is 2.25. The molecule has 110 valence electrons. The zero-order valence-corrected chi connectivity index (χ0v) is 12.8. The number of fused-ring (bicyclic) bond motifs is 1. The van der Waals surface area contributed by atoms with Crippen LogP contribution >= 0.6 is 11.8 Å². The van der Waals surface area contributed by atoms with Gasteiger partial charge in [0, 0.05) is 35.4 Å². The average molecular weight is 303 g/mol. The quantitative estimate of drug-likeness (QED) is 0.908. The van der Waals surface area contributed by atoms with Gasteiger partial charge in [-0.05, 0) is 13.8 Å². The fourth-order valence-electron chi connectivity index (χ4n) is 2.05. The van der Waals surface area contributed by atoms with E-state index in [0.29, 0.717) is 28.2 Å². The van der Waals surface area contributed by atoms with Crippen LogP contribution in [0.3, 0.4) is 0 Å². The lowest BCUT2D eigenvalue weighted by Crippen LogP contribution is -2.30. The van der Waals surface area contributed by atoms with Crippen LogP contribution in [0.15, 0.2) is 35.2 Å². The van der Waals surface area contributed by atoms with E-state index in [1.54, 1.807) is 24.3 Å². The van der Waals surface area contributed by atoms with E-state index in [0.717, 1.165) is 0 Å². The Bertz CT molecular complexity index is 620.